The largest absolute Gasteiger partial charge is 0.342 e. The quantitative estimate of drug-likeness (QED) is 0.733. The summed E-state index contributed by atoms with van der Waals surface area (Å²) in [5.41, 5.74) is 2.20. The van der Waals surface area contributed by atoms with E-state index in [4.69, 9.17) is 0 Å². The molecule has 1 aromatic carbocycles. The van der Waals surface area contributed by atoms with E-state index in [1.807, 2.05) is 12.1 Å². The molecule has 0 saturated carbocycles. The van der Waals surface area contributed by atoms with E-state index in [0.29, 0.717) is 0 Å². The van der Waals surface area contributed by atoms with Gasteiger partial charge in [0.25, 0.3) is 0 Å². The minimum Gasteiger partial charge on any atom is -0.342 e. The third-order valence-corrected chi connectivity index (χ3v) is 4.25. The van der Waals surface area contributed by atoms with E-state index in [1.54, 1.807) is 0 Å². The Morgan fingerprint density at radius 3 is 2.81 bits per heavy atom. The number of hydrogen-bond acceptors (Lipinski definition) is 3. The monoisotopic (exact) mass is 286 g/mol. The number of nitrogens with one attached hydrogen (secondary N) is 2. The first-order valence-corrected chi connectivity index (χ1v) is 8.28. The van der Waals surface area contributed by atoms with Crippen molar-refractivity contribution >= 4 is 11.0 Å². The van der Waals surface area contributed by atoms with Crippen molar-refractivity contribution in [2.75, 3.05) is 32.7 Å². The molecule has 0 atom stereocenters. The Hall–Kier alpha value is -1.39. The van der Waals surface area contributed by atoms with Crippen molar-refractivity contribution in [3.8, 4) is 0 Å². The van der Waals surface area contributed by atoms with Crippen LogP contribution < -0.4 is 5.32 Å². The van der Waals surface area contributed by atoms with Crippen LogP contribution in [0.3, 0.4) is 0 Å². The molecule has 0 radical (unpaired) electrons. The second kappa shape index (κ2) is 7.57. The molecule has 1 fully saturated rings. The number of unbranched alkanes of at least 4 members (excludes halogenated alkanes) is 1. The molecule has 0 amide bonds. The predicted octanol–water partition coefficient (Wildman–Crippen LogP) is 2.57. The van der Waals surface area contributed by atoms with Crippen molar-refractivity contribution in [3.05, 3.63) is 30.1 Å². The Balaban J connectivity index is 1.27. The number of nitrogens with zero attached hydrogens (tertiary/aromatic N) is 2. The van der Waals surface area contributed by atoms with Crippen molar-refractivity contribution < 1.29 is 0 Å². The summed E-state index contributed by atoms with van der Waals surface area (Å²) in [6.45, 7) is 6.04. The highest BCUT2D eigenvalue weighted by Gasteiger charge is 2.09. The smallest absolute Gasteiger partial charge is 0.108 e. The van der Waals surface area contributed by atoms with Crippen molar-refractivity contribution in [2.45, 2.75) is 32.1 Å². The topological polar surface area (TPSA) is 44.0 Å². The molecule has 4 heteroatoms. The molecule has 1 saturated heterocycles. The van der Waals surface area contributed by atoms with Gasteiger partial charge in [0.2, 0.25) is 0 Å². The summed E-state index contributed by atoms with van der Waals surface area (Å²) >= 11 is 0. The van der Waals surface area contributed by atoms with E-state index in [0.717, 1.165) is 36.4 Å². The van der Waals surface area contributed by atoms with Crippen LogP contribution in [0.15, 0.2) is 24.3 Å². The van der Waals surface area contributed by atoms with Crippen LogP contribution in [0.2, 0.25) is 0 Å². The fourth-order valence-electron chi connectivity index (χ4n) is 3.05. The first kappa shape index (κ1) is 14.5. The third kappa shape index (κ3) is 4.29. The van der Waals surface area contributed by atoms with Gasteiger partial charge in [-0.2, -0.15) is 0 Å². The summed E-state index contributed by atoms with van der Waals surface area (Å²) in [5.74, 6) is 1.08. The summed E-state index contributed by atoms with van der Waals surface area (Å²) in [4.78, 5) is 10.6. The highest BCUT2D eigenvalue weighted by Crippen LogP contribution is 2.10. The van der Waals surface area contributed by atoms with Crippen LogP contribution >= 0.6 is 0 Å². The van der Waals surface area contributed by atoms with Gasteiger partial charge < -0.3 is 15.2 Å². The lowest BCUT2D eigenvalue weighted by molar-refractivity contribution is 0.329. The molecular formula is C17H26N4. The van der Waals surface area contributed by atoms with Crippen LogP contribution in [0.1, 0.15) is 31.5 Å². The number of aromatic amines is 1. The molecular weight excluding hydrogens is 260 g/mol. The zero-order chi connectivity index (χ0) is 14.3. The summed E-state index contributed by atoms with van der Waals surface area (Å²) in [7, 11) is 0. The van der Waals surface area contributed by atoms with E-state index < -0.39 is 0 Å². The molecule has 21 heavy (non-hydrogen) atoms. The third-order valence-electron chi connectivity index (χ3n) is 4.25. The van der Waals surface area contributed by atoms with Crippen molar-refractivity contribution in [3.63, 3.8) is 0 Å². The standard InChI is InChI=1S/C17H26N4/c1-2-8-16-15(7-1)19-17(20-16)9-11-18-10-3-4-12-21-13-5-6-14-21/h1-2,7-8,18H,3-6,9-14H2,(H,19,20). The van der Waals surface area contributed by atoms with Gasteiger partial charge in [0.1, 0.15) is 5.82 Å². The first-order chi connectivity index (χ1) is 10.4. The SMILES string of the molecule is c1ccc2[nH]c(CCNCCCCN3CCCC3)nc2c1. The number of imidazole rings is 1. The van der Waals surface area contributed by atoms with Gasteiger partial charge in [-0.1, -0.05) is 12.1 Å². The number of benzene rings is 1. The number of likely N-dealkylation sites (tertiary alicyclic amines) is 1. The summed E-state index contributed by atoms with van der Waals surface area (Å²) in [6.07, 6.45) is 6.36. The van der Waals surface area contributed by atoms with Gasteiger partial charge in [0.05, 0.1) is 11.0 Å². The van der Waals surface area contributed by atoms with Gasteiger partial charge in [0.15, 0.2) is 0 Å². The number of hydrogen-bond donors (Lipinski definition) is 2. The molecule has 0 unspecified atom stereocenters. The Morgan fingerprint density at radius 2 is 1.95 bits per heavy atom. The lowest BCUT2D eigenvalue weighted by Gasteiger charge is -2.13. The molecule has 114 valence electrons. The van der Waals surface area contributed by atoms with E-state index in [2.05, 4.69) is 32.3 Å². The van der Waals surface area contributed by atoms with E-state index in [1.165, 1.54) is 45.3 Å². The average Bonchev–Trinajstić information content (AvgIpc) is 3.15. The zero-order valence-electron chi connectivity index (χ0n) is 12.8. The molecule has 3 rings (SSSR count). The summed E-state index contributed by atoms with van der Waals surface area (Å²) in [5, 5.41) is 3.53. The van der Waals surface area contributed by atoms with Crippen molar-refractivity contribution in [2.24, 2.45) is 0 Å². The Bertz CT molecular complexity index is 509. The maximum atomic E-state index is 4.60. The lowest BCUT2D eigenvalue weighted by atomic mass is 10.3. The highest BCUT2D eigenvalue weighted by molar-refractivity contribution is 5.74. The van der Waals surface area contributed by atoms with Crippen LogP contribution in [-0.4, -0.2) is 47.6 Å². The molecule has 0 aliphatic carbocycles. The van der Waals surface area contributed by atoms with Gasteiger partial charge in [0, 0.05) is 13.0 Å². The Morgan fingerprint density at radius 1 is 1.10 bits per heavy atom. The first-order valence-electron chi connectivity index (χ1n) is 8.28. The number of fused-ring (bicyclic) bond motifs is 1. The van der Waals surface area contributed by atoms with Crippen LogP contribution in [-0.2, 0) is 6.42 Å². The molecule has 2 heterocycles. The number of para-hydroxylation sites is 2. The van der Waals surface area contributed by atoms with E-state index in [-0.39, 0.29) is 0 Å². The second-order valence-corrected chi connectivity index (χ2v) is 5.96. The van der Waals surface area contributed by atoms with Gasteiger partial charge >= 0.3 is 0 Å². The number of aromatic nitrogens is 2. The minimum absolute atomic E-state index is 0.973. The maximum Gasteiger partial charge on any atom is 0.108 e. The molecule has 1 aromatic heterocycles. The fraction of sp³-hybridized carbons (Fsp3) is 0.588. The Kier molecular flexibility index (Phi) is 5.24. The summed E-state index contributed by atoms with van der Waals surface area (Å²) in [6, 6.07) is 8.22. The highest BCUT2D eigenvalue weighted by atomic mass is 15.1. The molecule has 1 aliphatic rings. The van der Waals surface area contributed by atoms with Crippen molar-refractivity contribution in [1.29, 1.82) is 0 Å². The number of H-pyrrole nitrogens is 1. The predicted molar refractivity (Wildman–Crippen MR) is 87.6 cm³/mol. The normalized spacial score (nSPS) is 16.0. The molecule has 4 nitrogen and oxygen atoms in total. The summed E-state index contributed by atoms with van der Waals surface area (Å²) < 4.78 is 0. The maximum absolute atomic E-state index is 4.60. The van der Waals surface area contributed by atoms with E-state index >= 15 is 0 Å². The molecule has 2 aromatic rings. The molecule has 0 spiro atoms. The van der Waals surface area contributed by atoms with Crippen LogP contribution in [0, 0.1) is 0 Å². The lowest BCUT2D eigenvalue weighted by Crippen LogP contribution is -2.23. The second-order valence-electron chi connectivity index (χ2n) is 5.96. The zero-order valence-corrected chi connectivity index (χ0v) is 12.8. The van der Waals surface area contributed by atoms with Crippen LogP contribution in [0.5, 0.6) is 0 Å². The van der Waals surface area contributed by atoms with Gasteiger partial charge in [-0.05, 0) is 64.0 Å². The number of rotatable bonds is 8. The van der Waals surface area contributed by atoms with Gasteiger partial charge in [-0.25, -0.2) is 4.98 Å². The minimum atomic E-state index is 0.973. The Labute approximate surface area is 126 Å². The molecule has 2 N–H and O–H groups in total. The van der Waals surface area contributed by atoms with Crippen molar-refractivity contribution in [1.82, 2.24) is 20.2 Å². The van der Waals surface area contributed by atoms with Crippen LogP contribution in [0.25, 0.3) is 11.0 Å². The van der Waals surface area contributed by atoms with Crippen LogP contribution in [0.4, 0.5) is 0 Å². The van der Waals surface area contributed by atoms with Gasteiger partial charge in [-0.3, -0.25) is 0 Å². The molecule has 0 bridgehead atoms. The van der Waals surface area contributed by atoms with E-state index in [9.17, 15) is 0 Å². The fourth-order valence-corrected chi connectivity index (χ4v) is 3.05. The van der Waals surface area contributed by atoms with Gasteiger partial charge in [-0.15, -0.1) is 0 Å². The average molecular weight is 286 g/mol. The molecule has 1 aliphatic heterocycles.